The van der Waals surface area contributed by atoms with Gasteiger partial charge in [-0.05, 0) is 74.1 Å². The normalized spacial score (nSPS) is 13.4. The number of benzene rings is 2. The first-order chi connectivity index (χ1) is 15.5. The Morgan fingerprint density at radius 1 is 1.25 bits per heavy atom. The number of nitrogens with one attached hydrogen (secondary N) is 1. The number of hydrogen-bond donors (Lipinski definition) is 1. The van der Waals surface area contributed by atoms with Gasteiger partial charge in [0.25, 0.3) is 0 Å². The van der Waals surface area contributed by atoms with E-state index >= 15 is 0 Å². The van der Waals surface area contributed by atoms with Gasteiger partial charge in [-0.15, -0.1) is 16.8 Å². The lowest BCUT2D eigenvalue weighted by Crippen LogP contribution is -2.23. The van der Waals surface area contributed by atoms with E-state index < -0.39 is 0 Å². The molecule has 0 saturated heterocycles. The zero-order valence-corrected chi connectivity index (χ0v) is 19.3. The van der Waals surface area contributed by atoms with Crippen LogP contribution in [0.1, 0.15) is 35.9 Å². The minimum atomic E-state index is -0.332. The standard InChI is InChI=1S/C25H28N4O2S/c1-4-13-29-23(16-31-22-10-5-7-17(2)14-22)27-28-25(29)32-18(3)24(30)26-21-12-11-19-8-6-9-20(19)15-21/h4-5,7,10-12,14-15,18H,1,6,8-9,13,16H2,2-3H3,(H,26,30)/t18-/m0/s1. The van der Waals surface area contributed by atoms with Crippen LogP contribution in [0.2, 0.25) is 0 Å². The number of ether oxygens (including phenoxy) is 1. The Labute approximate surface area is 193 Å². The summed E-state index contributed by atoms with van der Waals surface area (Å²) in [7, 11) is 0. The lowest BCUT2D eigenvalue weighted by atomic mass is 10.1. The van der Waals surface area contributed by atoms with Crippen molar-refractivity contribution >= 4 is 23.4 Å². The van der Waals surface area contributed by atoms with Gasteiger partial charge < -0.3 is 10.1 Å². The maximum Gasteiger partial charge on any atom is 0.237 e. The molecule has 1 atom stereocenters. The Morgan fingerprint density at radius 3 is 2.91 bits per heavy atom. The summed E-state index contributed by atoms with van der Waals surface area (Å²) < 4.78 is 7.83. The zero-order chi connectivity index (χ0) is 22.5. The summed E-state index contributed by atoms with van der Waals surface area (Å²) in [4.78, 5) is 12.8. The van der Waals surface area contributed by atoms with E-state index in [2.05, 4.69) is 34.2 Å². The lowest BCUT2D eigenvalue weighted by Gasteiger charge is -2.14. The quantitative estimate of drug-likeness (QED) is 0.370. The van der Waals surface area contributed by atoms with Crippen LogP contribution >= 0.6 is 11.8 Å². The number of aryl methyl sites for hydroxylation is 3. The lowest BCUT2D eigenvalue weighted by molar-refractivity contribution is -0.115. The fraction of sp³-hybridized carbons (Fsp3) is 0.320. The van der Waals surface area contributed by atoms with Crippen molar-refractivity contribution in [3.8, 4) is 5.75 Å². The summed E-state index contributed by atoms with van der Waals surface area (Å²) in [6, 6.07) is 14.1. The molecule has 1 N–H and O–H groups in total. The number of rotatable bonds is 9. The average Bonchev–Trinajstić information content (AvgIpc) is 3.39. The van der Waals surface area contributed by atoms with Gasteiger partial charge in [-0.1, -0.05) is 36.0 Å². The van der Waals surface area contributed by atoms with Crippen LogP contribution in [-0.4, -0.2) is 25.9 Å². The van der Waals surface area contributed by atoms with Gasteiger partial charge in [0.2, 0.25) is 5.91 Å². The Morgan fingerprint density at radius 2 is 2.09 bits per heavy atom. The predicted molar refractivity (Wildman–Crippen MR) is 128 cm³/mol. The summed E-state index contributed by atoms with van der Waals surface area (Å²) in [5.74, 6) is 1.42. The van der Waals surface area contributed by atoms with Crippen LogP contribution in [0.15, 0.2) is 60.3 Å². The fourth-order valence-electron chi connectivity index (χ4n) is 3.78. The van der Waals surface area contributed by atoms with Crippen molar-refractivity contribution in [1.82, 2.24) is 14.8 Å². The molecule has 0 fully saturated rings. The van der Waals surface area contributed by atoms with Gasteiger partial charge in [0.15, 0.2) is 11.0 Å². The van der Waals surface area contributed by atoms with Gasteiger partial charge in [-0.3, -0.25) is 9.36 Å². The molecule has 1 heterocycles. The summed E-state index contributed by atoms with van der Waals surface area (Å²) in [5, 5.41) is 12.0. The van der Waals surface area contributed by atoms with Crippen molar-refractivity contribution in [2.75, 3.05) is 5.32 Å². The molecule has 0 bridgehead atoms. The van der Waals surface area contributed by atoms with Crippen LogP contribution in [0.3, 0.4) is 0 Å². The van der Waals surface area contributed by atoms with Gasteiger partial charge in [0.1, 0.15) is 12.4 Å². The second-order valence-electron chi connectivity index (χ2n) is 7.99. The zero-order valence-electron chi connectivity index (χ0n) is 18.5. The summed E-state index contributed by atoms with van der Waals surface area (Å²) in [6.45, 7) is 8.58. The highest BCUT2D eigenvalue weighted by atomic mass is 32.2. The monoisotopic (exact) mass is 448 g/mol. The summed E-state index contributed by atoms with van der Waals surface area (Å²) >= 11 is 1.38. The van der Waals surface area contributed by atoms with Gasteiger partial charge in [-0.25, -0.2) is 0 Å². The maximum absolute atomic E-state index is 12.8. The van der Waals surface area contributed by atoms with E-state index in [1.54, 1.807) is 6.08 Å². The van der Waals surface area contributed by atoms with Gasteiger partial charge in [-0.2, -0.15) is 0 Å². The molecule has 1 aromatic heterocycles. The Kier molecular flexibility index (Phi) is 6.95. The van der Waals surface area contributed by atoms with Crippen LogP contribution in [0.25, 0.3) is 0 Å². The average molecular weight is 449 g/mol. The first kappa shape index (κ1) is 22.1. The molecule has 166 valence electrons. The fourth-order valence-corrected chi connectivity index (χ4v) is 4.66. The highest BCUT2D eigenvalue weighted by molar-refractivity contribution is 8.00. The number of thioether (sulfide) groups is 1. The molecule has 4 rings (SSSR count). The Bertz CT molecular complexity index is 1120. The Balaban J connectivity index is 1.41. The maximum atomic E-state index is 12.8. The molecule has 7 heteroatoms. The predicted octanol–water partition coefficient (Wildman–Crippen LogP) is 4.96. The Hall–Kier alpha value is -3.06. The second kappa shape index (κ2) is 10.0. The third-order valence-corrected chi connectivity index (χ3v) is 6.56. The molecular formula is C25H28N4O2S. The van der Waals surface area contributed by atoms with E-state index in [0.717, 1.165) is 29.8 Å². The van der Waals surface area contributed by atoms with Crippen LogP contribution in [0.5, 0.6) is 5.75 Å². The van der Waals surface area contributed by atoms with Crippen LogP contribution in [-0.2, 0) is 30.8 Å². The van der Waals surface area contributed by atoms with E-state index in [4.69, 9.17) is 4.74 Å². The SMILES string of the molecule is C=CCn1c(COc2cccc(C)c2)nnc1S[C@@H](C)C(=O)Nc1ccc2c(c1)CCC2. The summed E-state index contributed by atoms with van der Waals surface area (Å²) in [6.07, 6.45) is 5.19. The van der Waals surface area contributed by atoms with E-state index in [0.29, 0.717) is 24.1 Å². The van der Waals surface area contributed by atoms with Gasteiger partial charge in [0.05, 0.1) is 5.25 Å². The minimum absolute atomic E-state index is 0.0568. The summed E-state index contributed by atoms with van der Waals surface area (Å²) in [5.41, 5.74) is 4.72. The molecule has 32 heavy (non-hydrogen) atoms. The number of carbonyl (C=O) groups excluding carboxylic acids is 1. The van der Waals surface area contributed by atoms with Gasteiger partial charge in [0, 0.05) is 12.2 Å². The number of fused-ring (bicyclic) bond motifs is 1. The molecule has 2 aromatic carbocycles. The number of nitrogens with zero attached hydrogens (tertiary/aromatic N) is 3. The van der Waals surface area contributed by atoms with Crippen molar-refractivity contribution in [3.63, 3.8) is 0 Å². The number of allylic oxidation sites excluding steroid dienone is 1. The van der Waals surface area contributed by atoms with Crippen molar-refractivity contribution in [3.05, 3.63) is 77.6 Å². The third-order valence-electron chi connectivity index (χ3n) is 5.48. The van der Waals surface area contributed by atoms with E-state index in [1.165, 1.54) is 29.3 Å². The van der Waals surface area contributed by atoms with Crippen molar-refractivity contribution < 1.29 is 9.53 Å². The topological polar surface area (TPSA) is 69.0 Å². The molecule has 0 unspecified atom stereocenters. The molecule has 1 aliphatic carbocycles. The number of amides is 1. The largest absolute Gasteiger partial charge is 0.486 e. The van der Waals surface area contributed by atoms with E-state index in [-0.39, 0.29) is 11.2 Å². The molecular weight excluding hydrogens is 420 g/mol. The molecule has 3 aromatic rings. The third kappa shape index (κ3) is 5.22. The van der Waals surface area contributed by atoms with Crippen LogP contribution in [0.4, 0.5) is 5.69 Å². The molecule has 6 nitrogen and oxygen atoms in total. The first-order valence-electron chi connectivity index (χ1n) is 10.8. The molecule has 0 radical (unpaired) electrons. The number of carbonyl (C=O) groups is 1. The highest BCUT2D eigenvalue weighted by Gasteiger charge is 2.21. The van der Waals surface area contributed by atoms with Crippen LogP contribution < -0.4 is 10.1 Å². The number of aromatic nitrogens is 3. The second-order valence-corrected chi connectivity index (χ2v) is 9.30. The van der Waals surface area contributed by atoms with Crippen molar-refractivity contribution in [2.45, 2.75) is 56.7 Å². The number of hydrogen-bond acceptors (Lipinski definition) is 5. The minimum Gasteiger partial charge on any atom is -0.486 e. The molecule has 0 spiro atoms. The molecule has 0 saturated carbocycles. The number of anilines is 1. The van der Waals surface area contributed by atoms with E-state index in [9.17, 15) is 4.79 Å². The molecule has 1 aliphatic rings. The molecule has 0 aliphatic heterocycles. The van der Waals surface area contributed by atoms with Crippen LogP contribution in [0, 0.1) is 6.92 Å². The molecule has 1 amide bonds. The van der Waals surface area contributed by atoms with Crippen molar-refractivity contribution in [1.29, 1.82) is 0 Å². The van der Waals surface area contributed by atoms with Crippen molar-refractivity contribution in [2.24, 2.45) is 0 Å². The van der Waals surface area contributed by atoms with Gasteiger partial charge >= 0.3 is 0 Å². The van der Waals surface area contributed by atoms with E-state index in [1.807, 2.05) is 48.7 Å². The highest BCUT2D eigenvalue weighted by Crippen LogP contribution is 2.27. The smallest absolute Gasteiger partial charge is 0.237 e. The first-order valence-corrected chi connectivity index (χ1v) is 11.7.